The molecule has 2 aliphatic rings. The van der Waals surface area contributed by atoms with E-state index >= 15 is 0 Å². The number of halogens is 1. The standard InChI is InChI=1S/C22H29BrN2O5/c1-21(2,3)30-20(28)24-16(12-7-9-13(23)10-8-12)18(26)25-11-14-15(22(14,4)5)17(25)19(27)29-6/h7-10,14-17H,11H2,1-6H3,(H,24,28)/t14-,15+,16?,17+/m1/s1. The van der Waals surface area contributed by atoms with Crippen LogP contribution in [0.2, 0.25) is 0 Å². The molecule has 7 nitrogen and oxygen atoms in total. The van der Waals surface area contributed by atoms with Gasteiger partial charge in [-0.15, -0.1) is 0 Å². The molecule has 4 atom stereocenters. The predicted molar refractivity (Wildman–Crippen MR) is 115 cm³/mol. The van der Waals surface area contributed by atoms with Gasteiger partial charge in [0.1, 0.15) is 17.7 Å². The minimum Gasteiger partial charge on any atom is -0.467 e. The first-order valence-electron chi connectivity index (χ1n) is 10.00. The third-order valence-electron chi connectivity index (χ3n) is 6.05. The summed E-state index contributed by atoms with van der Waals surface area (Å²) in [6.45, 7) is 9.93. The zero-order chi connectivity index (χ0) is 22.4. The molecule has 0 radical (unpaired) electrons. The van der Waals surface area contributed by atoms with Gasteiger partial charge in [0.2, 0.25) is 0 Å². The number of benzene rings is 1. The smallest absolute Gasteiger partial charge is 0.408 e. The van der Waals surface area contributed by atoms with Crippen molar-refractivity contribution in [1.29, 1.82) is 0 Å². The van der Waals surface area contributed by atoms with Gasteiger partial charge in [0.15, 0.2) is 0 Å². The highest BCUT2D eigenvalue weighted by molar-refractivity contribution is 9.10. The third kappa shape index (κ3) is 4.33. The maximum absolute atomic E-state index is 13.6. The van der Waals surface area contributed by atoms with Crippen molar-refractivity contribution in [2.45, 2.75) is 52.3 Å². The molecule has 1 aromatic rings. The maximum Gasteiger partial charge on any atom is 0.408 e. The van der Waals surface area contributed by atoms with Gasteiger partial charge >= 0.3 is 12.1 Å². The summed E-state index contributed by atoms with van der Waals surface area (Å²) < 4.78 is 11.2. The summed E-state index contributed by atoms with van der Waals surface area (Å²) in [6.07, 6.45) is -0.692. The normalized spacial score (nSPS) is 25.2. The Hall–Kier alpha value is -2.09. The Morgan fingerprint density at radius 3 is 2.33 bits per heavy atom. The van der Waals surface area contributed by atoms with Crippen LogP contribution in [0.5, 0.6) is 0 Å². The number of amides is 2. The molecule has 1 aliphatic heterocycles. The van der Waals surface area contributed by atoms with Crippen LogP contribution < -0.4 is 5.32 Å². The lowest BCUT2D eigenvalue weighted by Gasteiger charge is -2.32. The molecular formula is C22H29BrN2O5. The summed E-state index contributed by atoms with van der Waals surface area (Å²) in [5.41, 5.74) is -0.107. The van der Waals surface area contributed by atoms with Crippen molar-refractivity contribution in [3.8, 4) is 0 Å². The summed E-state index contributed by atoms with van der Waals surface area (Å²) in [7, 11) is 1.33. The highest BCUT2D eigenvalue weighted by Gasteiger charge is 2.70. The Kier molecular flexibility index (Phi) is 5.93. The lowest BCUT2D eigenvalue weighted by atomic mass is 9.99. The van der Waals surface area contributed by atoms with Gasteiger partial charge in [-0.05, 0) is 49.8 Å². The van der Waals surface area contributed by atoms with Crippen molar-refractivity contribution in [3.05, 3.63) is 34.3 Å². The van der Waals surface area contributed by atoms with E-state index < -0.39 is 29.7 Å². The second-order valence-corrected chi connectivity index (χ2v) is 10.5. The molecule has 0 spiro atoms. The lowest BCUT2D eigenvalue weighted by Crippen LogP contribution is -2.51. The van der Waals surface area contributed by atoms with E-state index in [9.17, 15) is 14.4 Å². The Balaban J connectivity index is 1.89. The van der Waals surface area contributed by atoms with Crippen LogP contribution in [0.1, 0.15) is 46.2 Å². The predicted octanol–water partition coefficient (Wildman–Crippen LogP) is 3.67. The molecule has 2 fully saturated rings. The van der Waals surface area contributed by atoms with E-state index in [1.807, 2.05) is 0 Å². The molecule has 0 bridgehead atoms. The zero-order valence-corrected chi connectivity index (χ0v) is 19.8. The summed E-state index contributed by atoms with van der Waals surface area (Å²) in [5, 5.41) is 2.69. The van der Waals surface area contributed by atoms with Crippen molar-refractivity contribution < 1.29 is 23.9 Å². The monoisotopic (exact) mass is 480 g/mol. The van der Waals surface area contributed by atoms with E-state index in [-0.39, 0.29) is 23.2 Å². The van der Waals surface area contributed by atoms with E-state index in [1.165, 1.54) is 7.11 Å². The van der Waals surface area contributed by atoms with Crippen LogP contribution in [0.4, 0.5) is 4.79 Å². The average molecular weight is 481 g/mol. The number of esters is 1. The molecular weight excluding hydrogens is 452 g/mol. The summed E-state index contributed by atoms with van der Waals surface area (Å²) >= 11 is 3.38. The highest BCUT2D eigenvalue weighted by Crippen LogP contribution is 2.65. The Labute approximate surface area is 185 Å². The number of methoxy groups -OCH3 is 1. The molecule has 1 saturated carbocycles. The first kappa shape index (κ1) is 22.6. The van der Waals surface area contributed by atoms with Crippen molar-refractivity contribution in [2.75, 3.05) is 13.7 Å². The number of likely N-dealkylation sites (tertiary alicyclic amines) is 1. The van der Waals surface area contributed by atoms with Crippen molar-refractivity contribution in [3.63, 3.8) is 0 Å². The van der Waals surface area contributed by atoms with Crippen LogP contribution in [-0.4, -0.2) is 48.2 Å². The first-order valence-corrected chi connectivity index (χ1v) is 10.8. The highest BCUT2D eigenvalue weighted by atomic mass is 79.9. The lowest BCUT2D eigenvalue weighted by molar-refractivity contribution is -0.153. The maximum atomic E-state index is 13.6. The van der Waals surface area contributed by atoms with Gasteiger partial charge in [0.25, 0.3) is 5.91 Å². The molecule has 3 rings (SSSR count). The third-order valence-corrected chi connectivity index (χ3v) is 6.57. The number of ether oxygens (including phenoxy) is 2. The van der Waals surface area contributed by atoms with Gasteiger partial charge in [0.05, 0.1) is 7.11 Å². The molecule has 1 saturated heterocycles. The molecule has 30 heavy (non-hydrogen) atoms. The van der Waals surface area contributed by atoms with Gasteiger partial charge in [-0.1, -0.05) is 41.9 Å². The van der Waals surface area contributed by atoms with E-state index in [1.54, 1.807) is 49.9 Å². The minimum absolute atomic E-state index is 0.0126. The van der Waals surface area contributed by atoms with Gasteiger partial charge < -0.3 is 19.7 Å². The number of rotatable bonds is 4. The molecule has 1 unspecified atom stereocenters. The number of fused-ring (bicyclic) bond motifs is 1. The fourth-order valence-electron chi connectivity index (χ4n) is 4.44. The quantitative estimate of drug-likeness (QED) is 0.664. The van der Waals surface area contributed by atoms with Crippen LogP contribution in [0, 0.1) is 17.3 Å². The average Bonchev–Trinajstić information content (AvgIpc) is 3.00. The molecule has 0 aromatic heterocycles. The number of alkyl carbamates (subject to hydrolysis) is 1. The Bertz CT molecular complexity index is 846. The number of nitrogens with zero attached hydrogens (tertiary/aromatic N) is 1. The molecule has 1 heterocycles. The van der Waals surface area contributed by atoms with E-state index in [0.717, 1.165) is 4.47 Å². The van der Waals surface area contributed by atoms with Gasteiger partial charge in [-0.3, -0.25) is 4.79 Å². The van der Waals surface area contributed by atoms with E-state index in [4.69, 9.17) is 9.47 Å². The van der Waals surface area contributed by atoms with Gasteiger partial charge in [0, 0.05) is 16.9 Å². The number of carbonyl (C=O) groups excluding carboxylic acids is 3. The number of carbonyl (C=O) groups is 3. The number of nitrogens with one attached hydrogen (secondary N) is 1. The summed E-state index contributed by atoms with van der Waals surface area (Å²) in [6, 6.07) is 5.50. The fraction of sp³-hybridized carbons (Fsp3) is 0.591. The molecule has 164 valence electrons. The van der Waals surface area contributed by atoms with Crippen molar-refractivity contribution in [2.24, 2.45) is 17.3 Å². The number of hydrogen-bond donors (Lipinski definition) is 1. The molecule has 1 aliphatic carbocycles. The van der Waals surface area contributed by atoms with Gasteiger partial charge in [-0.25, -0.2) is 9.59 Å². The SMILES string of the molecule is COC(=O)[C@@H]1[C@@H]2[C@@H](CN1C(=O)C(NC(=O)OC(C)(C)C)c1ccc(Br)cc1)C2(C)C. The number of piperidine rings is 1. The van der Waals surface area contributed by atoms with Crippen LogP contribution in [0.25, 0.3) is 0 Å². The Morgan fingerprint density at radius 1 is 1.20 bits per heavy atom. The topological polar surface area (TPSA) is 84.9 Å². The molecule has 1 N–H and O–H groups in total. The van der Waals surface area contributed by atoms with E-state index in [2.05, 4.69) is 35.1 Å². The minimum atomic E-state index is -0.972. The summed E-state index contributed by atoms with van der Waals surface area (Å²) in [5.74, 6) is -0.478. The van der Waals surface area contributed by atoms with Crippen molar-refractivity contribution in [1.82, 2.24) is 10.2 Å². The fourth-order valence-corrected chi connectivity index (χ4v) is 4.70. The second-order valence-electron chi connectivity index (χ2n) is 9.54. The largest absolute Gasteiger partial charge is 0.467 e. The number of hydrogen-bond acceptors (Lipinski definition) is 5. The second kappa shape index (κ2) is 7.87. The van der Waals surface area contributed by atoms with Crippen molar-refractivity contribution >= 4 is 33.9 Å². The molecule has 2 amide bonds. The van der Waals surface area contributed by atoms with Crippen LogP contribution in [0.15, 0.2) is 28.7 Å². The van der Waals surface area contributed by atoms with Crippen LogP contribution in [0.3, 0.4) is 0 Å². The molecule has 1 aromatic carbocycles. The van der Waals surface area contributed by atoms with Crippen LogP contribution >= 0.6 is 15.9 Å². The van der Waals surface area contributed by atoms with E-state index in [0.29, 0.717) is 12.1 Å². The molecule has 8 heteroatoms. The first-order chi connectivity index (χ1) is 13.9. The Morgan fingerprint density at radius 2 is 1.80 bits per heavy atom. The van der Waals surface area contributed by atoms with Gasteiger partial charge in [-0.2, -0.15) is 0 Å². The van der Waals surface area contributed by atoms with Crippen LogP contribution in [-0.2, 0) is 19.1 Å². The zero-order valence-electron chi connectivity index (χ0n) is 18.2. The summed E-state index contributed by atoms with van der Waals surface area (Å²) in [4.78, 5) is 40.1.